The Labute approximate surface area is 128 Å². The van der Waals surface area contributed by atoms with Gasteiger partial charge in [-0.1, -0.05) is 13.8 Å². The zero-order chi connectivity index (χ0) is 16.5. The lowest BCUT2D eigenvalue weighted by molar-refractivity contribution is -0.156. The fourth-order valence-electron chi connectivity index (χ4n) is 1.83. The lowest BCUT2D eigenvalue weighted by Gasteiger charge is -2.20. The Morgan fingerprint density at radius 3 is 1.59 bits per heavy atom. The molecule has 1 fully saturated rings. The number of cyclic esters (lactones) is 2. The van der Waals surface area contributed by atoms with Crippen molar-refractivity contribution in [2.75, 3.05) is 13.2 Å². The molecule has 0 bridgehead atoms. The summed E-state index contributed by atoms with van der Waals surface area (Å²) in [7, 11) is 0. The van der Waals surface area contributed by atoms with Gasteiger partial charge in [0, 0.05) is 0 Å². The van der Waals surface area contributed by atoms with Gasteiger partial charge in [-0.05, 0) is 12.8 Å². The third-order valence-corrected chi connectivity index (χ3v) is 3.22. The second-order valence-corrected chi connectivity index (χ2v) is 5.06. The number of nitrogens with one attached hydrogen (secondary N) is 2. The Kier molecular flexibility index (Phi) is 7.34. The highest BCUT2D eigenvalue weighted by Gasteiger charge is 2.21. The van der Waals surface area contributed by atoms with Crippen LogP contribution in [0, 0.1) is 0 Å². The molecule has 2 amide bonds. The van der Waals surface area contributed by atoms with E-state index in [1.165, 1.54) is 0 Å². The Morgan fingerprint density at radius 2 is 1.23 bits per heavy atom. The molecule has 22 heavy (non-hydrogen) atoms. The summed E-state index contributed by atoms with van der Waals surface area (Å²) in [6.45, 7) is 3.52. The average Bonchev–Trinajstić information content (AvgIpc) is 2.46. The highest BCUT2D eigenvalue weighted by atomic mass is 16.6. The number of ether oxygens (including phenoxy) is 2. The van der Waals surface area contributed by atoms with Crippen molar-refractivity contribution in [1.82, 2.24) is 10.6 Å². The van der Waals surface area contributed by atoms with E-state index in [1.807, 2.05) is 13.8 Å². The Balaban J connectivity index is 2.74. The maximum atomic E-state index is 11.8. The molecule has 1 saturated heterocycles. The minimum absolute atomic E-state index is 0.0481. The highest BCUT2D eigenvalue weighted by Crippen LogP contribution is 2.01. The van der Waals surface area contributed by atoms with E-state index in [2.05, 4.69) is 10.6 Å². The second kappa shape index (κ2) is 9.01. The molecule has 0 aromatic heterocycles. The first-order valence-electron chi connectivity index (χ1n) is 7.34. The number of amides is 2. The lowest BCUT2D eigenvalue weighted by Crippen LogP contribution is -2.44. The zero-order valence-electron chi connectivity index (χ0n) is 12.8. The van der Waals surface area contributed by atoms with Crippen molar-refractivity contribution in [3.63, 3.8) is 0 Å². The van der Waals surface area contributed by atoms with Gasteiger partial charge in [0.05, 0.1) is 12.1 Å². The Hall–Kier alpha value is -2.12. The van der Waals surface area contributed by atoms with E-state index in [9.17, 15) is 19.2 Å². The van der Waals surface area contributed by atoms with Crippen LogP contribution >= 0.6 is 0 Å². The van der Waals surface area contributed by atoms with Crippen molar-refractivity contribution >= 4 is 23.8 Å². The Bertz CT molecular complexity index is 399. The molecule has 0 aliphatic carbocycles. The average molecular weight is 314 g/mol. The van der Waals surface area contributed by atoms with Crippen LogP contribution < -0.4 is 10.6 Å². The molecule has 8 heteroatoms. The summed E-state index contributed by atoms with van der Waals surface area (Å²) in [5, 5.41) is 5.24. The first-order valence-corrected chi connectivity index (χ1v) is 7.34. The van der Waals surface area contributed by atoms with Crippen molar-refractivity contribution in [2.24, 2.45) is 0 Å². The van der Waals surface area contributed by atoms with Gasteiger partial charge in [0.2, 0.25) is 11.8 Å². The molecule has 2 unspecified atom stereocenters. The Morgan fingerprint density at radius 1 is 0.818 bits per heavy atom. The van der Waals surface area contributed by atoms with Gasteiger partial charge >= 0.3 is 11.9 Å². The van der Waals surface area contributed by atoms with Gasteiger partial charge in [-0.3, -0.25) is 19.2 Å². The zero-order valence-corrected chi connectivity index (χ0v) is 12.8. The minimum atomic E-state index is -0.702. The number of hydrogen-bond donors (Lipinski definition) is 2. The largest absolute Gasteiger partial charge is 0.463 e. The smallest absolute Gasteiger partial charge is 0.317 e. The summed E-state index contributed by atoms with van der Waals surface area (Å²) in [5.74, 6) is -2.28. The lowest BCUT2D eigenvalue weighted by atomic mass is 10.2. The SMILES string of the molecule is CCC1COC(=O)CC(=O)OCC(CC)NC(=O)CC(=O)N1. The molecule has 2 N–H and O–H groups in total. The van der Waals surface area contributed by atoms with Crippen molar-refractivity contribution in [3.8, 4) is 0 Å². The summed E-state index contributed by atoms with van der Waals surface area (Å²) in [6, 6.07) is -0.796. The fourth-order valence-corrected chi connectivity index (χ4v) is 1.83. The van der Waals surface area contributed by atoms with Crippen LogP contribution in [-0.4, -0.2) is 49.1 Å². The molecule has 0 aromatic rings. The van der Waals surface area contributed by atoms with E-state index in [0.29, 0.717) is 12.8 Å². The number of rotatable bonds is 2. The van der Waals surface area contributed by atoms with Crippen LogP contribution in [-0.2, 0) is 28.7 Å². The molecular formula is C14H22N2O6. The third kappa shape index (κ3) is 6.55. The third-order valence-electron chi connectivity index (χ3n) is 3.22. The van der Waals surface area contributed by atoms with Gasteiger partial charge in [-0.15, -0.1) is 0 Å². The van der Waals surface area contributed by atoms with Crippen LogP contribution in [0.4, 0.5) is 0 Å². The minimum Gasteiger partial charge on any atom is -0.463 e. The van der Waals surface area contributed by atoms with Crippen LogP contribution in [0.15, 0.2) is 0 Å². The van der Waals surface area contributed by atoms with Crippen molar-refractivity contribution in [2.45, 2.75) is 51.6 Å². The van der Waals surface area contributed by atoms with Gasteiger partial charge < -0.3 is 20.1 Å². The molecule has 0 spiro atoms. The van der Waals surface area contributed by atoms with Crippen molar-refractivity contribution in [1.29, 1.82) is 0 Å². The summed E-state index contributed by atoms with van der Waals surface area (Å²) >= 11 is 0. The molecule has 1 aliphatic rings. The van der Waals surface area contributed by atoms with Gasteiger partial charge in [-0.25, -0.2) is 0 Å². The van der Waals surface area contributed by atoms with Crippen LogP contribution in [0.5, 0.6) is 0 Å². The van der Waals surface area contributed by atoms with Gasteiger partial charge in [0.15, 0.2) is 0 Å². The first-order chi connectivity index (χ1) is 10.4. The standard InChI is InChI=1S/C14H22N2O6/c1-3-9-7-21-13(19)6-14(20)22-8-10(4-2)16-12(18)5-11(17)15-9/h9-10H,3-8H2,1-2H3,(H,15,17)(H,16,18). The van der Waals surface area contributed by atoms with E-state index in [-0.39, 0.29) is 19.6 Å². The maximum Gasteiger partial charge on any atom is 0.317 e. The van der Waals surface area contributed by atoms with Crippen molar-refractivity contribution in [3.05, 3.63) is 0 Å². The number of hydrogen-bond acceptors (Lipinski definition) is 6. The van der Waals surface area contributed by atoms with E-state index >= 15 is 0 Å². The summed E-state index contributed by atoms with van der Waals surface area (Å²) in [6.07, 6.45) is 0.245. The monoisotopic (exact) mass is 314 g/mol. The van der Waals surface area contributed by atoms with Gasteiger partial charge in [0.25, 0.3) is 0 Å². The number of carbonyl (C=O) groups excluding carboxylic acids is 4. The summed E-state index contributed by atoms with van der Waals surface area (Å²) < 4.78 is 9.87. The highest BCUT2D eigenvalue weighted by molar-refractivity contribution is 5.97. The molecule has 0 radical (unpaired) electrons. The molecule has 1 heterocycles. The van der Waals surface area contributed by atoms with E-state index in [0.717, 1.165) is 0 Å². The summed E-state index contributed by atoms with van der Waals surface area (Å²) in [5.41, 5.74) is 0. The molecule has 1 rings (SSSR count). The molecular weight excluding hydrogens is 292 g/mol. The predicted molar refractivity (Wildman–Crippen MR) is 75.6 cm³/mol. The van der Waals surface area contributed by atoms with Gasteiger partial charge in [-0.2, -0.15) is 0 Å². The van der Waals surface area contributed by atoms with E-state index in [1.54, 1.807) is 0 Å². The molecule has 0 aromatic carbocycles. The predicted octanol–water partition coefficient (Wildman–Crippen LogP) is -0.344. The van der Waals surface area contributed by atoms with Crippen LogP contribution in [0.25, 0.3) is 0 Å². The number of esters is 2. The fraction of sp³-hybridized carbons (Fsp3) is 0.714. The molecule has 8 nitrogen and oxygen atoms in total. The van der Waals surface area contributed by atoms with Crippen LogP contribution in [0.1, 0.15) is 39.5 Å². The maximum absolute atomic E-state index is 11.8. The quantitative estimate of drug-likeness (QED) is 0.533. The van der Waals surface area contributed by atoms with E-state index in [4.69, 9.17) is 9.47 Å². The normalized spacial score (nSPS) is 25.4. The topological polar surface area (TPSA) is 111 Å². The molecule has 124 valence electrons. The molecule has 2 atom stereocenters. The van der Waals surface area contributed by atoms with Gasteiger partial charge in [0.1, 0.15) is 26.1 Å². The summed E-state index contributed by atoms with van der Waals surface area (Å²) in [4.78, 5) is 46.5. The van der Waals surface area contributed by atoms with Crippen molar-refractivity contribution < 1.29 is 28.7 Å². The second-order valence-electron chi connectivity index (χ2n) is 5.06. The molecule has 0 saturated carbocycles. The van der Waals surface area contributed by atoms with Crippen LogP contribution in [0.3, 0.4) is 0 Å². The molecule has 1 aliphatic heterocycles. The van der Waals surface area contributed by atoms with Crippen LogP contribution in [0.2, 0.25) is 0 Å². The number of carbonyl (C=O) groups is 4. The van der Waals surface area contributed by atoms with E-state index < -0.39 is 42.3 Å². The first kappa shape index (κ1) is 17.9.